The highest BCUT2D eigenvalue weighted by atomic mass is 16.6. The van der Waals surface area contributed by atoms with Gasteiger partial charge in [0.05, 0.1) is 4.92 Å². The standard InChI is InChI=1S/C14H18N4O3/c1-17-7-5-10(6-8-17)9-15-14-16-13-11(18(19)20)3-2-4-12(13)21-14/h2-4,10H,5-9H2,1H3,(H,15,16). The van der Waals surface area contributed by atoms with Gasteiger partial charge in [-0.1, -0.05) is 6.07 Å². The molecule has 1 N–H and O–H groups in total. The lowest BCUT2D eigenvalue weighted by Crippen LogP contribution is -2.32. The van der Waals surface area contributed by atoms with Gasteiger partial charge in [0.15, 0.2) is 11.1 Å². The van der Waals surface area contributed by atoms with E-state index in [2.05, 4.69) is 22.2 Å². The van der Waals surface area contributed by atoms with Crippen molar-refractivity contribution in [2.45, 2.75) is 12.8 Å². The van der Waals surface area contributed by atoms with Gasteiger partial charge in [0.2, 0.25) is 0 Å². The summed E-state index contributed by atoms with van der Waals surface area (Å²) in [5, 5.41) is 14.1. The van der Waals surface area contributed by atoms with Crippen LogP contribution in [-0.4, -0.2) is 41.5 Å². The van der Waals surface area contributed by atoms with Crippen LogP contribution >= 0.6 is 0 Å². The van der Waals surface area contributed by atoms with E-state index in [0.29, 0.717) is 23.0 Å². The molecular weight excluding hydrogens is 272 g/mol. The number of nitro groups is 1. The SMILES string of the molecule is CN1CCC(CNc2nc3c([N+](=O)[O-])cccc3o2)CC1. The third-order valence-corrected chi connectivity index (χ3v) is 3.97. The Morgan fingerprint density at radius 3 is 2.95 bits per heavy atom. The largest absolute Gasteiger partial charge is 0.423 e. The summed E-state index contributed by atoms with van der Waals surface area (Å²) in [4.78, 5) is 17.0. The molecule has 112 valence electrons. The fourth-order valence-corrected chi connectivity index (χ4v) is 2.65. The van der Waals surface area contributed by atoms with E-state index in [9.17, 15) is 10.1 Å². The molecule has 0 amide bonds. The number of para-hydroxylation sites is 1. The first-order chi connectivity index (χ1) is 10.1. The number of nitrogens with one attached hydrogen (secondary N) is 1. The van der Waals surface area contributed by atoms with Crippen molar-refractivity contribution >= 4 is 22.8 Å². The number of aromatic nitrogens is 1. The fourth-order valence-electron chi connectivity index (χ4n) is 2.65. The molecule has 2 heterocycles. The van der Waals surface area contributed by atoms with Gasteiger partial charge in [-0.25, -0.2) is 0 Å². The molecule has 2 aromatic rings. The first-order valence-electron chi connectivity index (χ1n) is 7.10. The maximum Gasteiger partial charge on any atom is 0.298 e. The summed E-state index contributed by atoms with van der Waals surface area (Å²) in [5.41, 5.74) is 0.715. The molecule has 7 nitrogen and oxygen atoms in total. The second-order valence-electron chi connectivity index (χ2n) is 5.53. The summed E-state index contributed by atoms with van der Waals surface area (Å²) < 4.78 is 5.53. The highest BCUT2D eigenvalue weighted by Crippen LogP contribution is 2.27. The predicted molar refractivity (Wildman–Crippen MR) is 79.4 cm³/mol. The molecule has 0 atom stereocenters. The van der Waals surface area contributed by atoms with E-state index in [1.807, 2.05) is 0 Å². The van der Waals surface area contributed by atoms with E-state index in [0.717, 1.165) is 32.5 Å². The summed E-state index contributed by atoms with van der Waals surface area (Å²) in [6.07, 6.45) is 2.29. The molecule has 1 aliphatic rings. The Hall–Kier alpha value is -2.15. The van der Waals surface area contributed by atoms with Crippen LogP contribution in [0.1, 0.15) is 12.8 Å². The smallest absolute Gasteiger partial charge is 0.298 e. The Balaban J connectivity index is 1.70. The fraction of sp³-hybridized carbons (Fsp3) is 0.500. The van der Waals surface area contributed by atoms with E-state index in [1.54, 1.807) is 12.1 Å². The lowest BCUT2D eigenvalue weighted by molar-refractivity contribution is -0.383. The van der Waals surface area contributed by atoms with Gasteiger partial charge in [-0.3, -0.25) is 10.1 Å². The number of hydrogen-bond donors (Lipinski definition) is 1. The maximum atomic E-state index is 11.0. The average molecular weight is 290 g/mol. The summed E-state index contributed by atoms with van der Waals surface area (Å²) in [5.74, 6) is 0.589. The van der Waals surface area contributed by atoms with Crippen molar-refractivity contribution < 1.29 is 9.34 Å². The molecule has 1 aromatic heterocycles. The third-order valence-electron chi connectivity index (χ3n) is 3.97. The summed E-state index contributed by atoms with van der Waals surface area (Å²) in [6.45, 7) is 2.99. The molecule has 0 bridgehead atoms. The number of likely N-dealkylation sites (tertiary alicyclic amines) is 1. The van der Waals surface area contributed by atoms with Crippen molar-refractivity contribution in [3.8, 4) is 0 Å². The summed E-state index contributed by atoms with van der Waals surface area (Å²) in [7, 11) is 2.13. The van der Waals surface area contributed by atoms with Gasteiger partial charge < -0.3 is 14.6 Å². The first-order valence-corrected chi connectivity index (χ1v) is 7.10. The lowest BCUT2D eigenvalue weighted by atomic mass is 9.97. The number of piperidine rings is 1. The van der Waals surface area contributed by atoms with Gasteiger partial charge in [0.25, 0.3) is 11.7 Å². The molecule has 0 aliphatic carbocycles. The van der Waals surface area contributed by atoms with Gasteiger partial charge in [-0.05, 0) is 45.0 Å². The Bertz CT molecular complexity index is 647. The van der Waals surface area contributed by atoms with E-state index < -0.39 is 4.92 Å². The van der Waals surface area contributed by atoms with Gasteiger partial charge in [-0.2, -0.15) is 4.98 Å². The Kier molecular flexibility index (Phi) is 3.74. The van der Waals surface area contributed by atoms with Crippen LogP contribution in [0.5, 0.6) is 0 Å². The van der Waals surface area contributed by atoms with Gasteiger partial charge in [0, 0.05) is 12.6 Å². The number of hydrogen-bond acceptors (Lipinski definition) is 6. The first kappa shape index (κ1) is 13.8. The molecule has 3 rings (SSSR count). The normalized spacial score (nSPS) is 17.2. The molecule has 1 saturated heterocycles. The van der Waals surface area contributed by atoms with Crippen molar-refractivity contribution in [1.29, 1.82) is 0 Å². The third kappa shape index (κ3) is 2.97. The monoisotopic (exact) mass is 290 g/mol. The molecule has 7 heteroatoms. The van der Waals surface area contributed by atoms with Crippen molar-refractivity contribution in [3.63, 3.8) is 0 Å². The predicted octanol–water partition coefficient (Wildman–Crippen LogP) is 2.49. The molecule has 1 fully saturated rings. The van der Waals surface area contributed by atoms with Crippen LogP contribution in [0.3, 0.4) is 0 Å². The van der Waals surface area contributed by atoms with E-state index in [1.165, 1.54) is 6.07 Å². The van der Waals surface area contributed by atoms with Crippen LogP contribution in [0, 0.1) is 16.0 Å². The number of nitrogens with zero attached hydrogens (tertiary/aromatic N) is 3. The van der Waals surface area contributed by atoms with Crippen LogP contribution in [-0.2, 0) is 0 Å². The van der Waals surface area contributed by atoms with Crippen molar-refractivity contribution in [3.05, 3.63) is 28.3 Å². The van der Waals surface area contributed by atoms with E-state index in [-0.39, 0.29) is 5.69 Å². The number of non-ortho nitro benzene ring substituents is 1. The molecule has 1 aromatic carbocycles. The molecule has 0 unspecified atom stereocenters. The highest BCUT2D eigenvalue weighted by Gasteiger charge is 2.19. The zero-order chi connectivity index (χ0) is 14.8. The zero-order valence-corrected chi connectivity index (χ0v) is 11.9. The Morgan fingerprint density at radius 2 is 2.24 bits per heavy atom. The van der Waals surface area contributed by atoms with Crippen molar-refractivity contribution in [2.24, 2.45) is 5.92 Å². The quantitative estimate of drug-likeness (QED) is 0.688. The molecule has 0 radical (unpaired) electrons. The number of anilines is 1. The van der Waals surface area contributed by atoms with Crippen LogP contribution in [0.25, 0.3) is 11.1 Å². The lowest BCUT2D eigenvalue weighted by Gasteiger charge is -2.28. The number of benzene rings is 1. The second-order valence-corrected chi connectivity index (χ2v) is 5.53. The van der Waals surface area contributed by atoms with Crippen LogP contribution < -0.4 is 5.32 Å². The maximum absolute atomic E-state index is 11.0. The Labute approximate surface area is 122 Å². The van der Waals surface area contributed by atoms with Gasteiger partial charge in [-0.15, -0.1) is 0 Å². The Morgan fingerprint density at radius 1 is 1.48 bits per heavy atom. The molecule has 1 aliphatic heterocycles. The average Bonchev–Trinajstić information content (AvgIpc) is 2.89. The molecular formula is C14H18N4O3. The summed E-state index contributed by atoms with van der Waals surface area (Å²) >= 11 is 0. The molecule has 0 saturated carbocycles. The van der Waals surface area contributed by atoms with Gasteiger partial charge in [0.1, 0.15) is 0 Å². The van der Waals surface area contributed by atoms with E-state index >= 15 is 0 Å². The van der Waals surface area contributed by atoms with Crippen molar-refractivity contribution in [2.75, 3.05) is 32.0 Å². The number of fused-ring (bicyclic) bond motifs is 1. The van der Waals surface area contributed by atoms with Crippen LogP contribution in [0.4, 0.5) is 11.7 Å². The minimum atomic E-state index is -0.439. The molecule has 21 heavy (non-hydrogen) atoms. The van der Waals surface area contributed by atoms with Crippen LogP contribution in [0.15, 0.2) is 22.6 Å². The number of oxazole rings is 1. The topological polar surface area (TPSA) is 84.4 Å². The number of rotatable bonds is 4. The minimum absolute atomic E-state index is 0.0245. The van der Waals surface area contributed by atoms with Crippen molar-refractivity contribution in [1.82, 2.24) is 9.88 Å². The minimum Gasteiger partial charge on any atom is -0.423 e. The summed E-state index contributed by atoms with van der Waals surface area (Å²) in [6, 6.07) is 5.09. The van der Waals surface area contributed by atoms with E-state index in [4.69, 9.17) is 4.42 Å². The number of nitro benzene ring substituents is 1. The molecule has 0 spiro atoms. The van der Waals surface area contributed by atoms with Gasteiger partial charge >= 0.3 is 0 Å². The second kappa shape index (κ2) is 5.69. The zero-order valence-electron chi connectivity index (χ0n) is 11.9. The van der Waals surface area contributed by atoms with Crippen LogP contribution in [0.2, 0.25) is 0 Å². The highest BCUT2D eigenvalue weighted by molar-refractivity contribution is 5.83.